The maximum absolute atomic E-state index is 13.0. The molecule has 0 unspecified atom stereocenters. The predicted octanol–water partition coefficient (Wildman–Crippen LogP) is 6.49. The monoisotopic (exact) mass is 546 g/mol. The summed E-state index contributed by atoms with van der Waals surface area (Å²) in [6.07, 6.45) is 3.49. The molecule has 0 aliphatic carbocycles. The molecule has 4 rings (SSSR count). The lowest BCUT2D eigenvalue weighted by Gasteiger charge is -2.14. The van der Waals surface area contributed by atoms with Crippen LogP contribution < -0.4 is 14.4 Å². The molecule has 3 aromatic rings. The molecule has 1 aromatic heterocycles. The van der Waals surface area contributed by atoms with Crippen molar-refractivity contribution >= 4 is 73.5 Å². The number of amides is 1. The summed E-state index contributed by atoms with van der Waals surface area (Å²) in [5, 5.41) is 0.537. The number of thiocarbonyl (C=S) groups is 1. The number of aromatic nitrogens is 1. The first-order valence-electron chi connectivity index (χ1n) is 9.40. The van der Waals surface area contributed by atoms with E-state index < -0.39 is 0 Å². The van der Waals surface area contributed by atoms with E-state index in [1.165, 1.54) is 16.7 Å². The zero-order valence-electron chi connectivity index (χ0n) is 16.7. The van der Waals surface area contributed by atoms with Crippen molar-refractivity contribution in [3.63, 3.8) is 0 Å². The molecule has 0 bridgehead atoms. The third kappa shape index (κ3) is 4.99. The highest BCUT2D eigenvalue weighted by Gasteiger charge is 2.33. The SMILES string of the molecule is COc1cc(/C=C2/SC(=S)N(c3cccc(Cl)c3)C2=O)cc(Br)c1OCc1ccccn1. The van der Waals surface area contributed by atoms with E-state index in [-0.39, 0.29) is 5.91 Å². The second-order valence-electron chi connectivity index (χ2n) is 6.64. The van der Waals surface area contributed by atoms with Crippen LogP contribution in [-0.2, 0) is 11.4 Å². The molecule has 9 heteroatoms. The number of methoxy groups -OCH3 is 1. The van der Waals surface area contributed by atoms with E-state index in [0.717, 1.165) is 11.3 Å². The number of hydrogen-bond acceptors (Lipinski definition) is 6. The van der Waals surface area contributed by atoms with Gasteiger partial charge in [0.05, 0.1) is 27.9 Å². The minimum absolute atomic E-state index is 0.201. The van der Waals surface area contributed by atoms with E-state index >= 15 is 0 Å². The Kier molecular flexibility index (Phi) is 7.15. The molecule has 1 saturated heterocycles. The highest BCUT2D eigenvalue weighted by atomic mass is 79.9. The topological polar surface area (TPSA) is 51.7 Å². The Bertz CT molecular complexity index is 1220. The fourth-order valence-electron chi connectivity index (χ4n) is 3.05. The van der Waals surface area contributed by atoms with E-state index in [9.17, 15) is 4.79 Å². The molecule has 1 aliphatic heterocycles. The third-order valence-corrected chi connectivity index (χ3v) is 6.63. The van der Waals surface area contributed by atoms with Gasteiger partial charge >= 0.3 is 0 Å². The second kappa shape index (κ2) is 10.0. The van der Waals surface area contributed by atoms with E-state index in [2.05, 4.69) is 20.9 Å². The molecule has 0 radical (unpaired) electrons. The third-order valence-electron chi connectivity index (χ3n) is 4.50. The first-order valence-corrected chi connectivity index (χ1v) is 11.8. The Balaban J connectivity index is 1.59. The number of anilines is 1. The molecule has 2 aromatic carbocycles. The number of benzene rings is 2. The van der Waals surface area contributed by atoms with Crippen molar-refractivity contribution in [2.24, 2.45) is 0 Å². The molecular weight excluding hydrogens is 532 g/mol. The highest BCUT2D eigenvalue weighted by Crippen LogP contribution is 2.40. The zero-order valence-corrected chi connectivity index (χ0v) is 20.7. The highest BCUT2D eigenvalue weighted by molar-refractivity contribution is 9.10. The zero-order chi connectivity index (χ0) is 22.7. The Labute approximate surface area is 208 Å². The molecule has 1 aliphatic rings. The Morgan fingerprint density at radius 1 is 1.22 bits per heavy atom. The van der Waals surface area contributed by atoms with Gasteiger partial charge in [-0.3, -0.25) is 14.7 Å². The largest absolute Gasteiger partial charge is 0.493 e. The number of carbonyl (C=O) groups excluding carboxylic acids is 1. The van der Waals surface area contributed by atoms with Gasteiger partial charge in [0.25, 0.3) is 5.91 Å². The number of rotatable bonds is 6. The predicted molar refractivity (Wildman–Crippen MR) is 136 cm³/mol. The fraction of sp³-hybridized carbons (Fsp3) is 0.0870. The number of hydrogen-bond donors (Lipinski definition) is 0. The van der Waals surface area contributed by atoms with Crippen molar-refractivity contribution in [2.45, 2.75) is 6.61 Å². The van der Waals surface area contributed by atoms with Crippen LogP contribution in [0.5, 0.6) is 11.5 Å². The molecule has 1 fully saturated rings. The molecule has 2 heterocycles. The van der Waals surface area contributed by atoms with Crippen molar-refractivity contribution in [3.05, 3.63) is 86.5 Å². The average Bonchev–Trinajstić information content (AvgIpc) is 3.06. The second-order valence-corrected chi connectivity index (χ2v) is 9.61. The van der Waals surface area contributed by atoms with Gasteiger partial charge in [-0.1, -0.05) is 47.7 Å². The first kappa shape index (κ1) is 22.8. The van der Waals surface area contributed by atoms with Crippen molar-refractivity contribution < 1.29 is 14.3 Å². The molecule has 162 valence electrons. The van der Waals surface area contributed by atoms with Crippen molar-refractivity contribution in [1.82, 2.24) is 4.98 Å². The van der Waals surface area contributed by atoms with Gasteiger partial charge in [0.2, 0.25) is 0 Å². The maximum Gasteiger partial charge on any atom is 0.270 e. The quantitative estimate of drug-likeness (QED) is 0.260. The maximum atomic E-state index is 13.0. The lowest BCUT2D eigenvalue weighted by molar-refractivity contribution is -0.113. The summed E-state index contributed by atoms with van der Waals surface area (Å²) in [7, 11) is 1.57. The number of carbonyl (C=O) groups is 1. The van der Waals surface area contributed by atoms with E-state index in [1.807, 2.05) is 30.3 Å². The van der Waals surface area contributed by atoms with Gasteiger partial charge in [0.15, 0.2) is 15.8 Å². The van der Waals surface area contributed by atoms with Crippen molar-refractivity contribution in [2.75, 3.05) is 12.0 Å². The Hall–Kier alpha value is -2.39. The summed E-state index contributed by atoms with van der Waals surface area (Å²) < 4.78 is 12.6. The smallest absolute Gasteiger partial charge is 0.270 e. The molecule has 0 spiro atoms. The van der Waals surface area contributed by atoms with Crippen LogP contribution in [0.1, 0.15) is 11.3 Å². The molecule has 5 nitrogen and oxygen atoms in total. The molecule has 0 N–H and O–H groups in total. The van der Waals surface area contributed by atoms with Crippen LogP contribution >= 0.6 is 51.5 Å². The lowest BCUT2D eigenvalue weighted by Crippen LogP contribution is -2.27. The van der Waals surface area contributed by atoms with Crippen LogP contribution in [0.3, 0.4) is 0 Å². The van der Waals surface area contributed by atoms with Gasteiger partial charge in [-0.15, -0.1) is 0 Å². The number of nitrogens with zero attached hydrogens (tertiary/aromatic N) is 2. The van der Waals surface area contributed by atoms with E-state index in [4.69, 9.17) is 33.3 Å². The number of halogens is 2. The van der Waals surface area contributed by atoms with Gasteiger partial charge in [0.1, 0.15) is 6.61 Å². The summed E-state index contributed by atoms with van der Waals surface area (Å²) >= 11 is 16.3. The van der Waals surface area contributed by atoms with E-state index in [0.29, 0.717) is 42.5 Å². The number of ether oxygens (including phenoxy) is 2. The van der Waals surface area contributed by atoms with Gasteiger partial charge < -0.3 is 9.47 Å². The van der Waals surface area contributed by atoms with Gasteiger partial charge in [-0.05, 0) is 70.0 Å². The van der Waals surface area contributed by atoms with Crippen molar-refractivity contribution in [1.29, 1.82) is 0 Å². The summed E-state index contributed by atoms with van der Waals surface area (Å²) in [5.74, 6) is 0.890. The number of thioether (sulfide) groups is 1. The summed E-state index contributed by atoms with van der Waals surface area (Å²) in [5.41, 5.74) is 2.21. The minimum Gasteiger partial charge on any atom is -0.493 e. The summed E-state index contributed by atoms with van der Waals surface area (Å²) in [4.78, 5) is 19.3. The first-order chi connectivity index (χ1) is 15.5. The molecule has 32 heavy (non-hydrogen) atoms. The molecule has 1 amide bonds. The summed E-state index contributed by atoms with van der Waals surface area (Å²) in [6.45, 7) is 0.299. The van der Waals surface area contributed by atoms with E-state index in [1.54, 1.807) is 43.6 Å². The molecular formula is C23H16BrClN2O3S2. The summed E-state index contributed by atoms with van der Waals surface area (Å²) in [6, 6.07) is 16.4. The van der Waals surface area contributed by atoms with Gasteiger partial charge in [-0.25, -0.2) is 0 Å². The fourth-order valence-corrected chi connectivity index (χ4v) is 5.11. The van der Waals surface area contributed by atoms with Crippen LogP contribution in [-0.4, -0.2) is 22.3 Å². The van der Waals surface area contributed by atoms with Gasteiger partial charge in [-0.2, -0.15) is 0 Å². The van der Waals surface area contributed by atoms with Crippen LogP contribution in [0.4, 0.5) is 5.69 Å². The normalized spacial score (nSPS) is 14.8. The lowest BCUT2D eigenvalue weighted by atomic mass is 10.1. The average molecular weight is 548 g/mol. The van der Waals surface area contributed by atoms with Crippen LogP contribution in [0.25, 0.3) is 6.08 Å². The number of pyridine rings is 1. The molecule has 0 atom stereocenters. The van der Waals surface area contributed by atoms with Crippen LogP contribution in [0.2, 0.25) is 5.02 Å². The van der Waals surface area contributed by atoms with Gasteiger partial charge in [0, 0.05) is 11.2 Å². The van der Waals surface area contributed by atoms with Crippen LogP contribution in [0, 0.1) is 0 Å². The Morgan fingerprint density at radius 3 is 2.78 bits per heavy atom. The Morgan fingerprint density at radius 2 is 2.06 bits per heavy atom. The standard InChI is InChI=1S/C23H16BrClN2O3S2/c1-29-19-10-14(9-18(24)21(19)30-13-16-6-2-3-8-26-16)11-20-22(28)27(23(31)32-20)17-7-4-5-15(25)12-17/h2-12H,13H2,1H3/b20-11+. The minimum atomic E-state index is -0.201. The van der Waals surface area contributed by atoms with Crippen molar-refractivity contribution in [3.8, 4) is 11.5 Å². The van der Waals surface area contributed by atoms with Crippen LogP contribution in [0.15, 0.2) is 70.2 Å². The molecule has 0 saturated carbocycles.